The van der Waals surface area contributed by atoms with Crippen LogP contribution in [0.1, 0.15) is 38.2 Å². The van der Waals surface area contributed by atoms with Crippen molar-refractivity contribution in [3.8, 4) is 11.5 Å². The molecule has 1 amide bonds. The van der Waals surface area contributed by atoms with Gasteiger partial charge in [-0.3, -0.25) is 4.79 Å². The highest BCUT2D eigenvalue weighted by Gasteiger charge is 2.20. The largest absolute Gasteiger partial charge is 0.504 e. The maximum absolute atomic E-state index is 12.1. The summed E-state index contributed by atoms with van der Waals surface area (Å²) in [5.74, 6) is 1.19. The van der Waals surface area contributed by atoms with Crippen LogP contribution in [0.3, 0.4) is 0 Å². The van der Waals surface area contributed by atoms with Gasteiger partial charge in [-0.05, 0) is 56.2 Å². The fourth-order valence-electron chi connectivity index (χ4n) is 3.02. The fourth-order valence-corrected chi connectivity index (χ4v) is 3.02. The van der Waals surface area contributed by atoms with Crippen LogP contribution < -0.4 is 10.1 Å². The minimum Gasteiger partial charge on any atom is -0.504 e. The molecule has 0 bridgehead atoms. The number of hydrogen-bond donors (Lipinski definition) is 2. The Morgan fingerprint density at radius 2 is 2.09 bits per heavy atom. The van der Waals surface area contributed by atoms with Crippen molar-refractivity contribution in [3.05, 3.63) is 35.9 Å². The average Bonchev–Trinajstić information content (AvgIpc) is 2.51. The number of aromatic hydroxyl groups is 1. The Bertz CT molecular complexity index is 531. The zero-order valence-corrected chi connectivity index (χ0v) is 13.3. The van der Waals surface area contributed by atoms with Crippen LogP contribution in [0.25, 0.3) is 0 Å². The summed E-state index contributed by atoms with van der Waals surface area (Å²) in [6, 6.07) is 5.30. The molecule has 0 heterocycles. The highest BCUT2D eigenvalue weighted by Crippen LogP contribution is 2.27. The minimum atomic E-state index is 0.0298. The Morgan fingerprint density at radius 1 is 1.36 bits per heavy atom. The van der Waals surface area contributed by atoms with Gasteiger partial charge in [0.1, 0.15) is 0 Å². The van der Waals surface area contributed by atoms with E-state index in [1.807, 2.05) is 0 Å². The standard InChI is InChI=1S/C18H25NO3/c1-3-4-13-5-8-15(9-6-13)19-18(21)12-14-7-10-16(20)17(11-14)22-2/h3-4,7,10-11,13,15,20H,5-6,8-9,12H2,1-2H3,(H,19,21). The summed E-state index contributed by atoms with van der Waals surface area (Å²) in [5.41, 5.74) is 0.842. The molecule has 1 fully saturated rings. The van der Waals surface area contributed by atoms with Gasteiger partial charge in [0, 0.05) is 6.04 Å². The lowest BCUT2D eigenvalue weighted by molar-refractivity contribution is -0.121. The van der Waals surface area contributed by atoms with Gasteiger partial charge < -0.3 is 15.2 Å². The highest BCUT2D eigenvalue weighted by molar-refractivity contribution is 5.79. The Labute approximate surface area is 132 Å². The van der Waals surface area contributed by atoms with Gasteiger partial charge in [0.2, 0.25) is 5.91 Å². The monoisotopic (exact) mass is 303 g/mol. The van der Waals surface area contributed by atoms with E-state index in [0.717, 1.165) is 31.2 Å². The van der Waals surface area contributed by atoms with Gasteiger partial charge in [0.25, 0.3) is 0 Å². The van der Waals surface area contributed by atoms with E-state index in [-0.39, 0.29) is 17.7 Å². The van der Waals surface area contributed by atoms with Gasteiger partial charge in [-0.1, -0.05) is 18.2 Å². The molecule has 1 aliphatic carbocycles. The highest BCUT2D eigenvalue weighted by atomic mass is 16.5. The normalized spacial score (nSPS) is 21.7. The SMILES string of the molecule is CC=CC1CCC(NC(=O)Cc2ccc(O)c(OC)c2)CC1. The number of benzene rings is 1. The molecule has 0 atom stereocenters. The summed E-state index contributed by atoms with van der Waals surface area (Å²) in [6.07, 6.45) is 9.05. The smallest absolute Gasteiger partial charge is 0.224 e. The predicted octanol–water partition coefficient (Wildman–Crippen LogP) is 3.19. The Balaban J connectivity index is 1.83. The lowest BCUT2D eigenvalue weighted by Crippen LogP contribution is -2.38. The summed E-state index contributed by atoms with van der Waals surface area (Å²) < 4.78 is 5.06. The summed E-state index contributed by atoms with van der Waals surface area (Å²) in [7, 11) is 1.50. The molecule has 2 rings (SSSR count). The molecule has 0 aromatic heterocycles. The molecular weight excluding hydrogens is 278 g/mol. The van der Waals surface area contributed by atoms with Crippen molar-refractivity contribution in [1.29, 1.82) is 0 Å². The first kappa shape index (κ1) is 16.4. The number of phenolic OH excluding ortho intramolecular Hbond substituents is 1. The molecule has 0 aliphatic heterocycles. The number of nitrogens with one attached hydrogen (secondary N) is 1. The van der Waals surface area contributed by atoms with Crippen molar-refractivity contribution in [2.45, 2.75) is 45.1 Å². The van der Waals surface area contributed by atoms with Crippen LogP contribution in [0, 0.1) is 5.92 Å². The molecule has 4 heteroatoms. The molecule has 1 aromatic carbocycles. The molecule has 22 heavy (non-hydrogen) atoms. The van der Waals surface area contributed by atoms with Crippen LogP contribution in [0.4, 0.5) is 0 Å². The van der Waals surface area contributed by atoms with Gasteiger partial charge in [-0.15, -0.1) is 0 Å². The first-order valence-corrected chi connectivity index (χ1v) is 7.90. The van der Waals surface area contributed by atoms with E-state index in [0.29, 0.717) is 18.1 Å². The molecular formula is C18H25NO3. The number of carbonyl (C=O) groups is 1. The minimum absolute atomic E-state index is 0.0298. The summed E-state index contributed by atoms with van der Waals surface area (Å²) >= 11 is 0. The van der Waals surface area contributed by atoms with Gasteiger partial charge >= 0.3 is 0 Å². The van der Waals surface area contributed by atoms with E-state index in [9.17, 15) is 9.90 Å². The molecule has 0 saturated heterocycles. The lowest BCUT2D eigenvalue weighted by Gasteiger charge is -2.27. The maximum atomic E-state index is 12.1. The van der Waals surface area contributed by atoms with Crippen LogP contribution in [-0.4, -0.2) is 24.2 Å². The van der Waals surface area contributed by atoms with Gasteiger partial charge in [0.15, 0.2) is 11.5 Å². The molecule has 2 N–H and O–H groups in total. The number of hydrogen-bond acceptors (Lipinski definition) is 3. The fraction of sp³-hybridized carbons (Fsp3) is 0.500. The Hall–Kier alpha value is -1.97. The number of ether oxygens (including phenoxy) is 1. The van der Waals surface area contributed by atoms with E-state index < -0.39 is 0 Å². The molecule has 1 aliphatic rings. The summed E-state index contributed by atoms with van der Waals surface area (Å²) in [5, 5.41) is 12.7. The summed E-state index contributed by atoms with van der Waals surface area (Å²) in [4.78, 5) is 12.1. The quantitative estimate of drug-likeness (QED) is 0.821. The Morgan fingerprint density at radius 3 is 2.73 bits per heavy atom. The van der Waals surface area contributed by atoms with E-state index in [2.05, 4.69) is 24.4 Å². The third-order valence-corrected chi connectivity index (χ3v) is 4.21. The van der Waals surface area contributed by atoms with Crippen molar-refractivity contribution in [1.82, 2.24) is 5.32 Å². The Kier molecular flexibility index (Phi) is 5.87. The van der Waals surface area contributed by atoms with Crippen molar-refractivity contribution >= 4 is 5.91 Å². The second-order valence-electron chi connectivity index (χ2n) is 5.89. The third kappa shape index (κ3) is 4.52. The van der Waals surface area contributed by atoms with Crippen LogP contribution in [-0.2, 0) is 11.2 Å². The molecule has 0 spiro atoms. The topological polar surface area (TPSA) is 58.6 Å². The van der Waals surface area contributed by atoms with Crippen molar-refractivity contribution in [2.24, 2.45) is 5.92 Å². The molecule has 1 saturated carbocycles. The number of phenols is 1. The van der Waals surface area contributed by atoms with Crippen molar-refractivity contribution < 1.29 is 14.6 Å². The lowest BCUT2D eigenvalue weighted by atomic mass is 9.86. The molecule has 120 valence electrons. The maximum Gasteiger partial charge on any atom is 0.224 e. The van der Waals surface area contributed by atoms with Gasteiger partial charge in [-0.2, -0.15) is 0 Å². The number of allylic oxidation sites excluding steroid dienone is 2. The second-order valence-corrected chi connectivity index (χ2v) is 5.89. The number of rotatable bonds is 5. The third-order valence-electron chi connectivity index (χ3n) is 4.21. The zero-order valence-electron chi connectivity index (χ0n) is 13.3. The number of methoxy groups -OCH3 is 1. The van der Waals surface area contributed by atoms with Crippen LogP contribution >= 0.6 is 0 Å². The van der Waals surface area contributed by atoms with Crippen molar-refractivity contribution in [2.75, 3.05) is 7.11 Å². The van der Waals surface area contributed by atoms with Gasteiger partial charge in [0.05, 0.1) is 13.5 Å². The van der Waals surface area contributed by atoms with Gasteiger partial charge in [-0.25, -0.2) is 0 Å². The van der Waals surface area contributed by atoms with Crippen LogP contribution in [0.15, 0.2) is 30.4 Å². The van der Waals surface area contributed by atoms with Crippen LogP contribution in [0.5, 0.6) is 11.5 Å². The van der Waals surface area contributed by atoms with E-state index in [4.69, 9.17) is 4.74 Å². The summed E-state index contributed by atoms with van der Waals surface area (Å²) in [6.45, 7) is 2.06. The molecule has 0 radical (unpaired) electrons. The second kappa shape index (κ2) is 7.87. The van der Waals surface area contributed by atoms with Crippen molar-refractivity contribution in [3.63, 3.8) is 0 Å². The van der Waals surface area contributed by atoms with E-state index in [1.165, 1.54) is 7.11 Å². The molecule has 0 unspecified atom stereocenters. The first-order valence-electron chi connectivity index (χ1n) is 7.90. The number of amides is 1. The zero-order chi connectivity index (χ0) is 15.9. The molecule has 4 nitrogen and oxygen atoms in total. The predicted molar refractivity (Wildman–Crippen MR) is 87.1 cm³/mol. The van der Waals surface area contributed by atoms with E-state index in [1.54, 1.807) is 18.2 Å². The average molecular weight is 303 g/mol. The first-order chi connectivity index (χ1) is 10.6. The number of carbonyl (C=O) groups excluding carboxylic acids is 1. The molecule has 1 aromatic rings. The van der Waals surface area contributed by atoms with E-state index >= 15 is 0 Å². The van der Waals surface area contributed by atoms with Crippen LogP contribution in [0.2, 0.25) is 0 Å².